The maximum Gasteiger partial charge on any atom is 0.416 e. The monoisotopic (exact) mass is 286 g/mol. The zero-order chi connectivity index (χ0) is 14.8. The quantitative estimate of drug-likeness (QED) is 0.894. The lowest BCUT2D eigenvalue weighted by atomic mass is 10.0. The van der Waals surface area contributed by atoms with Gasteiger partial charge in [-0.1, -0.05) is 25.0 Å². The van der Waals surface area contributed by atoms with E-state index in [0.29, 0.717) is 5.56 Å². The van der Waals surface area contributed by atoms with Crippen molar-refractivity contribution in [2.24, 2.45) is 5.73 Å². The molecule has 6 heteroatoms. The normalized spacial score (nSPS) is 18.1. The van der Waals surface area contributed by atoms with E-state index >= 15 is 0 Å². The van der Waals surface area contributed by atoms with Crippen molar-refractivity contribution in [3.8, 4) is 0 Å². The predicted molar refractivity (Wildman–Crippen MR) is 68.8 cm³/mol. The average Bonchev–Trinajstić information content (AvgIpc) is 2.87. The van der Waals surface area contributed by atoms with E-state index in [1.807, 2.05) is 0 Å². The van der Waals surface area contributed by atoms with Crippen LogP contribution < -0.4 is 11.1 Å². The minimum atomic E-state index is -4.38. The number of primary amides is 1. The SMILES string of the molecule is NC(=O)C(NC1CCCC1)c1ccc(C(F)(F)F)cc1. The Kier molecular flexibility index (Phi) is 4.32. The van der Waals surface area contributed by atoms with E-state index in [0.717, 1.165) is 37.8 Å². The van der Waals surface area contributed by atoms with Crippen molar-refractivity contribution in [2.75, 3.05) is 0 Å². The number of hydrogen-bond acceptors (Lipinski definition) is 2. The molecule has 3 N–H and O–H groups in total. The Morgan fingerprint density at radius 1 is 1.20 bits per heavy atom. The standard InChI is InChI=1S/C14H17F3N2O/c15-14(16,17)10-7-5-9(6-8-10)12(13(18)20)19-11-3-1-2-4-11/h5-8,11-12,19H,1-4H2,(H2,18,20). The van der Waals surface area contributed by atoms with E-state index in [1.165, 1.54) is 12.1 Å². The van der Waals surface area contributed by atoms with Gasteiger partial charge in [-0.15, -0.1) is 0 Å². The first-order chi connectivity index (χ1) is 9.38. The smallest absolute Gasteiger partial charge is 0.368 e. The minimum Gasteiger partial charge on any atom is -0.368 e. The fourth-order valence-corrected chi connectivity index (χ4v) is 2.54. The summed E-state index contributed by atoms with van der Waals surface area (Å²) in [6.07, 6.45) is -0.263. The first-order valence-corrected chi connectivity index (χ1v) is 6.60. The highest BCUT2D eigenvalue weighted by atomic mass is 19.4. The highest BCUT2D eigenvalue weighted by molar-refractivity contribution is 5.81. The Labute approximate surface area is 115 Å². The van der Waals surface area contributed by atoms with Gasteiger partial charge in [-0.05, 0) is 30.5 Å². The summed E-state index contributed by atoms with van der Waals surface area (Å²) in [6.45, 7) is 0. The molecule has 0 aliphatic heterocycles. The molecule has 2 rings (SSSR count). The van der Waals surface area contributed by atoms with E-state index in [-0.39, 0.29) is 6.04 Å². The highest BCUT2D eigenvalue weighted by Crippen LogP contribution is 2.30. The molecule has 0 aromatic heterocycles. The number of nitrogens with two attached hydrogens (primary N) is 1. The van der Waals surface area contributed by atoms with Crippen LogP contribution in [0.4, 0.5) is 13.2 Å². The van der Waals surface area contributed by atoms with E-state index in [4.69, 9.17) is 5.73 Å². The van der Waals surface area contributed by atoms with Crippen LogP contribution in [0, 0.1) is 0 Å². The van der Waals surface area contributed by atoms with Gasteiger partial charge in [0, 0.05) is 6.04 Å². The molecular weight excluding hydrogens is 269 g/mol. The molecule has 1 atom stereocenters. The van der Waals surface area contributed by atoms with E-state index in [1.54, 1.807) is 0 Å². The third kappa shape index (κ3) is 3.50. The number of hydrogen-bond donors (Lipinski definition) is 2. The van der Waals surface area contributed by atoms with E-state index < -0.39 is 23.7 Å². The average molecular weight is 286 g/mol. The largest absolute Gasteiger partial charge is 0.416 e. The first-order valence-electron chi connectivity index (χ1n) is 6.60. The number of carbonyl (C=O) groups is 1. The summed E-state index contributed by atoms with van der Waals surface area (Å²) < 4.78 is 37.5. The molecule has 0 spiro atoms. The molecule has 0 bridgehead atoms. The zero-order valence-electron chi connectivity index (χ0n) is 10.9. The molecule has 1 saturated carbocycles. The van der Waals surface area contributed by atoms with Gasteiger partial charge in [0.25, 0.3) is 0 Å². The van der Waals surface area contributed by atoms with Crippen molar-refractivity contribution in [1.82, 2.24) is 5.32 Å². The Hall–Kier alpha value is -1.56. The molecule has 1 unspecified atom stereocenters. The van der Waals surface area contributed by atoms with Crippen LogP contribution >= 0.6 is 0 Å². The molecule has 1 amide bonds. The summed E-state index contributed by atoms with van der Waals surface area (Å²) in [6, 6.07) is 4.03. The first kappa shape index (κ1) is 14.8. The predicted octanol–water partition coefficient (Wildman–Crippen LogP) is 2.76. The second kappa shape index (κ2) is 5.83. The number of alkyl halides is 3. The molecule has 20 heavy (non-hydrogen) atoms. The summed E-state index contributed by atoms with van der Waals surface area (Å²) >= 11 is 0. The van der Waals surface area contributed by atoms with Crippen LogP contribution in [0.2, 0.25) is 0 Å². The third-order valence-corrected chi connectivity index (χ3v) is 3.61. The van der Waals surface area contributed by atoms with Crippen molar-refractivity contribution < 1.29 is 18.0 Å². The van der Waals surface area contributed by atoms with Crippen molar-refractivity contribution in [2.45, 2.75) is 43.9 Å². The van der Waals surface area contributed by atoms with Crippen molar-refractivity contribution >= 4 is 5.91 Å². The number of halogens is 3. The van der Waals surface area contributed by atoms with Crippen molar-refractivity contribution in [3.05, 3.63) is 35.4 Å². The second-order valence-corrected chi connectivity index (χ2v) is 5.10. The van der Waals surface area contributed by atoms with Crippen LogP contribution in [0.1, 0.15) is 42.9 Å². The van der Waals surface area contributed by atoms with E-state index in [9.17, 15) is 18.0 Å². The van der Waals surface area contributed by atoms with Gasteiger partial charge in [0.05, 0.1) is 5.56 Å². The fourth-order valence-electron chi connectivity index (χ4n) is 2.54. The number of carbonyl (C=O) groups excluding carboxylic acids is 1. The van der Waals surface area contributed by atoms with Gasteiger partial charge in [0.2, 0.25) is 5.91 Å². The van der Waals surface area contributed by atoms with Gasteiger partial charge in [-0.3, -0.25) is 10.1 Å². The lowest BCUT2D eigenvalue weighted by Gasteiger charge is -2.21. The lowest BCUT2D eigenvalue weighted by Crippen LogP contribution is -2.38. The second-order valence-electron chi connectivity index (χ2n) is 5.10. The molecule has 0 radical (unpaired) electrons. The topological polar surface area (TPSA) is 55.1 Å². The van der Waals surface area contributed by atoms with Gasteiger partial charge in [-0.25, -0.2) is 0 Å². The van der Waals surface area contributed by atoms with Crippen LogP contribution in [-0.4, -0.2) is 11.9 Å². The molecule has 1 aliphatic rings. The van der Waals surface area contributed by atoms with Crippen molar-refractivity contribution in [3.63, 3.8) is 0 Å². The van der Waals surface area contributed by atoms with Crippen LogP contribution in [0.25, 0.3) is 0 Å². The molecule has 0 heterocycles. The molecule has 1 fully saturated rings. The summed E-state index contributed by atoms with van der Waals surface area (Å²) in [4.78, 5) is 11.5. The fraction of sp³-hybridized carbons (Fsp3) is 0.500. The van der Waals surface area contributed by atoms with Gasteiger partial charge in [0.15, 0.2) is 0 Å². The van der Waals surface area contributed by atoms with Gasteiger partial charge < -0.3 is 5.73 Å². The minimum absolute atomic E-state index is 0.204. The Morgan fingerprint density at radius 2 is 1.75 bits per heavy atom. The number of rotatable bonds is 4. The highest BCUT2D eigenvalue weighted by Gasteiger charge is 2.31. The number of benzene rings is 1. The van der Waals surface area contributed by atoms with Crippen LogP contribution in [0.5, 0.6) is 0 Å². The molecular formula is C14H17F3N2O. The lowest BCUT2D eigenvalue weighted by molar-refractivity contribution is -0.137. The molecule has 0 saturated heterocycles. The maximum absolute atomic E-state index is 12.5. The van der Waals surface area contributed by atoms with Gasteiger partial charge >= 0.3 is 6.18 Å². The number of amides is 1. The van der Waals surface area contributed by atoms with Crippen LogP contribution in [0.3, 0.4) is 0 Å². The Morgan fingerprint density at radius 3 is 2.20 bits per heavy atom. The summed E-state index contributed by atoms with van der Waals surface area (Å²) in [5, 5.41) is 3.13. The van der Waals surface area contributed by atoms with Gasteiger partial charge in [-0.2, -0.15) is 13.2 Å². The summed E-state index contributed by atoms with van der Waals surface area (Å²) in [5.41, 5.74) is 5.09. The van der Waals surface area contributed by atoms with E-state index in [2.05, 4.69) is 5.32 Å². The zero-order valence-corrected chi connectivity index (χ0v) is 10.9. The van der Waals surface area contributed by atoms with Gasteiger partial charge in [0.1, 0.15) is 6.04 Å². The number of nitrogens with one attached hydrogen (secondary N) is 1. The van der Waals surface area contributed by atoms with Crippen LogP contribution in [-0.2, 0) is 11.0 Å². The Bertz CT molecular complexity index is 464. The summed E-state index contributed by atoms with van der Waals surface area (Å²) in [7, 11) is 0. The van der Waals surface area contributed by atoms with Crippen LogP contribution in [0.15, 0.2) is 24.3 Å². The molecule has 1 aromatic carbocycles. The molecule has 1 aliphatic carbocycles. The molecule has 110 valence electrons. The Balaban J connectivity index is 2.14. The van der Waals surface area contributed by atoms with Crippen molar-refractivity contribution in [1.29, 1.82) is 0 Å². The molecule has 3 nitrogen and oxygen atoms in total. The summed E-state index contributed by atoms with van der Waals surface area (Å²) in [5.74, 6) is -0.573. The third-order valence-electron chi connectivity index (χ3n) is 3.61. The molecule has 1 aromatic rings. The maximum atomic E-state index is 12.5.